The summed E-state index contributed by atoms with van der Waals surface area (Å²) in [6.07, 6.45) is 4.31. The number of ether oxygens (including phenoxy) is 1. The third kappa shape index (κ3) is 2.96. The predicted octanol–water partition coefficient (Wildman–Crippen LogP) is 2.46. The van der Waals surface area contributed by atoms with Crippen LogP contribution in [0.3, 0.4) is 0 Å². The molecule has 0 amide bonds. The van der Waals surface area contributed by atoms with Crippen LogP contribution in [0, 0.1) is 0 Å². The van der Waals surface area contributed by atoms with Crippen LogP contribution in [-0.2, 0) is 4.74 Å². The third-order valence-electron chi connectivity index (χ3n) is 1.98. The highest BCUT2D eigenvalue weighted by Crippen LogP contribution is 2.27. The molecule has 18 heavy (non-hydrogen) atoms. The number of methoxy groups -OCH3 is 1. The maximum atomic E-state index is 11.5. The second-order valence-corrected chi connectivity index (χ2v) is 4.60. The van der Waals surface area contributed by atoms with Gasteiger partial charge in [0.25, 0.3) is 0 Å². The standard InChI is InChI=1S/C11H8ClN3O2S/c1-17-11(16)8-5-13-6-15-10(8)18-9-3-2-7(12)4-14-9/h2-6H,1H3. The molecule has 2 heterocycles. The smallest absolute Gasteiger partial charge is 0.342 e. The van der Waals surface area contributed by atoms with Gasteiger partial charge < -0.3 is 4.74 Å². The lowest BCUT2D eigenvalue weighted by molar-refractivity contribution is 0.0595. The van der Waals surface area contributed by atoms with Gasteiger partial charge in [-0.1, -0.05) is 11.6 Å². The van der Waals surface area contributed by atoms with E-state index in [2.05, 4.69) is 19.7 Å². The minimum atomic E-state index is -0.480. The summed E-state index contributed by atoms with van der Waals surface area (Å²) in [6.45, 7) is 0. The van der Waals surface area contributed by atoms with E-state index in [1.54, 1.807) is 12.1 Å². The van der Waals surface area contributed by atoms with E-state index in [0.29, 0.717) is 20.6 Å². The Morgan fingerprint density at radius 1 is 1.33 bits per heavy atom. The van der Waals surface area contributed by atoms with Gasteiger partial charge in [0.2, 0.25) is 0 Å². The molecule has 0 spiro atoms. The Labute approximate surface area is 113 Å². The zero-order chi connectivity index (χ0) is 13.0. The van der Waals surface area contributed by atoms with Crippen LogP contribution in [-0.4, -0.2) is 28.0 Å². The first kappa shape index (κ1) is 12.8. The van der Waals surface area contributed by atoms with Crippen molar-refractivity contribution in [1.82, 2.24) is 15.0 Å². The average molecular weight is 282 g/mol. The molecule has 7 heteroatoms. The average Bonchev–Trinajstić information content (AvgIpc) is 2.41. The minimum Gasteiger partial charge on any atom is -0.465 e. The van der Waals surface area contributed by atoms with Crippen molar-refractivity contribution in [3.8, 4) is 0 Å². The second kappa shape index (κ2) is 5.79. The van der Waals surface area contributed by atoms with Gasteiger partial charge in [0.1, 0.15) is 21.9 Å². The fourth-order valence-corrected chi connectivity index (χ4v) is 2.07. The molecule has 0 radical (unpaired) electrons. The fourth-order valence-electron chi connectivity index (χ4n) is 1.17. The highest BCUT2D eigenvalue weighted by molar-refractivity contribution is 7.99. The maximum absolute atomic E-state index is 11.5. The molecular weight excluding hydrogens is 274 g/mol. The van der Waals surface area contributed by atoms with Crippen molar-refractivity contribution in [3.63, 3.8) is 0 Å². The maximum Gasteiger partial charge on any atom is 0.342 e. The van der Waals surface area contributed by atoms with E-state index in [4.69, 9.17) is 11.6 Å². The van der Waals surface area contributed by atoms with E-state index < -0.39 is 5.97 Å². The molecule has 0 aromatic carbocycles. The number of hydrogen-bond acceptors (Lipinski definition) is 6. The molecule has 0 saturated carbocycles. The van der Waals surface area contributed by atoms with Gasteiger partial charge in [-0.25, -0.2) is 19.7 Å². The number of rotatable bonds is 3. The molecule has 2 rings (SSSR count). The molecular formula is C11H8ClN3O2S. The number of aromatic nitrogens is 3. The fraction of sp³-hybridized carbons (Fsp3) is 0.0909. The van der Waals surface area contributed by atoms with Crippen molar-refractivity contribution in [3.05, 3.63) is 41.4 Å². The molecule has 0 saturated heterocycles. The van der Waals surface area contributed by atoms with Crippen LogP contribution in [0.5, 0.6) is 0 Å². The summed E-state index contributed by atoms with van der Waals surface area (Å²) in [7, 11) is 1.31. The minimum absolute atomic E-state index is 0.307. The normalized spacial score (nSPS) is 10.1. The molecule has 0 fully saturated rings. The highest BCUT2D eigenvalue weighted by Gasteiger charge is 2.14. The lowest BCUT2D eigenvalue weighted by atomic mass is 10.3. The van der Waals surface area contributed by atoms with Crippen LogP contribution in [0.15, 0.2) is 40.9 Å². The van der Waals surface area contributed by atoms with Gasteiger partial charge in [-0.2, -0.15) is 0 Å². The Balaban J connectivity index is 2.28. The molecule has 92 valence electrons. The molecule has 0 N–H and O–H groups in total. The molecule has 0 aliphatic heterocycles. The number of carbonyl (C=O) groups is 1. The van der Waals surface area contributed by atoms with Gasteiger partial charge >= 0.3 is 5.97 Å². The zero-order valence-corrected chi connectivity index (χ0v) is 10.9. The first-order valence-corrected chi connectivity index (χ1v) is 6.08. The van der Waals surface area contributed by atoms with Crippen molar-refractivity contribution >= 4 is 29.3 Å². The summed E-state index contributed by atoms with van der Waals surface area (Å²) in [6, 6.07) is 3.46. The van der Waals surface area contributed by atoms with Gasteiger partial charge in [0, 0.05) is 12.4 Å². The lowest BCUT2D eigenvalue weighted by Gasteiger charge is -2.04. The van der Waals surface area contributed by atoms with Crippen LogP contribution in [0.4, 0.5) is 0 Å². The van der Waals surface area contributed by atoms with E-state index in [-0.39, 0.29) is 0 Å². The second-order valence-electron chi connectivity index (χ2n) is 3.15. The van der Waals surface area contributed by atoms with Gasteiger partial charge in [-0.05, 0) is 23.9 Å². The highest BCUT2D eigenvalue weighted by atomic mass is 35.5. The van der Waals surface area contributed by atoms with Gasteiger partial charge in [-0.15, -0.1) is 0 Å². The summed E-state index contributed by atoms with van der Waals surface area (Å²) in [4.78, 5) is 23.5. The third-order valence-corrected chi connectivity index (χ3v) is 3.18. The van der Waals surface area contributed by atoms with Crippen molar-refractivity contribution in [2.75, 3.05) is 7.11 Å². The van der Waals surface area contributed by atoms with Crippen LogP contribution in [0.25, 0.3) is 0 Å². The number of esters is 1. The topological polar surface area (TPSA) is 65.0 Å². The Kier molecular flexibility index (Phi) is 4.11. The molecule has 0 atom stereocenters. The first-order valence-electron chi connectivity index (χ1n) is 4.88. The zero-order valence-electron chi connectivity index (χ0n) is 9.33. The summed E-state index contributed by atoms with van der Waals surface area (Å²) in [5.74, 6) is -0.480. The summed E-state index contributed by atoms with van der Waals surface area (Å²) in [5, 5.41) is 1.73. The van der Waals surface area contributed by atoms with Gasteiger partial charge in [0.05, 0.1) is 12.1 Å². The van der Waals surface area contributed by atoms with Gasteiger partial charge in [-0.3, -0.25) is 0 Å². The Morgan fingerprint density at radius 2 is 2.17 bits per heavy atom. The molecule has 2 aromatic heterocycles. The molecule has 2 aromatic rings. The Bertz CT molecular complexity index is 562. The Morgan fingerprint density at radius 3 is 2.83 bits per heavy atom. The summed E-state index contributed by atoms with van der Waals surface area (Å²) >= 11 is 6.99. The summed E-state index contributed by atoms with van der Waals surface area (Å²) < 4.78 is 4.66. The number of carbonyl (C=O) groups excluding carboxylic acids is 1. The molecule has 0 aliphatic carbocycles. The van der Waals surface area contributed by atoms with Gasteiger partial charge in [0.15, 0.2) is 0 Å². The number of pyridine rings is 1. The first-order chi connectivity index (χ1) is 8.70. The number of halogens is 1. The van der Waals surface area contributed by atoms with Crippen molar-refractivity contribution < 1.29 is 9.53 Å². The van der Waals surface area contributed by atoms with Crippen molar-refractivity contribution in [2.24, 2.45) is 0 Å². The number of hydrogen-bond donors (Lipinski definition) is 0. The lowest BCUT2D eigenvalue weighted by Crippen LogP contribution is -2.05. The quantitative estimate of drug-likeness (QED) is 0.636. The molecule has 0 bridgehead atoms. The van der Waals surface area contributed by atoms with E-state index in [0.717, 1.165) is 0 Å². The van der Waals surface area contributed by atoms with E-state index >= 15 is 0 Å². The monoisotopic (exact) mass is 281 g/mol. The van der Waals surface area contributed by atoms with E-state index in [1.807, 2.05) is 0 Å². The van der Waals surface area contributed by atoms with Crippen molar-refractivity contribution in [1.29, 1.82) is 0 Å². The van der Waals surface area contributed by atoms with Crippen LogP contribution in [0.2, 0.25) is 5.02 Å². The Hall–Kier alpha value is -1.66. The largest absolute Gasteiger partial charge is 0.465 e. The molecule has 0 unspecified atom stereocenters. The predicted molar refractivity (Wildman–Crippen MR) is 66.7 cm³/mol. The van der Waals surface area contributed by atoms with Crippen molar-refractivity contribution in [2.45, 2.75) is 10.1 Å². The van der Waals surface area contributed by atoms with E-state index in [9.17, 15) is 4.79 Å². The van der Waals surface area contributed by atoms with Crippen LogP contribution in [0.1, 0.15) is 10.4 Å². The van der Waals surface area contributed by atoms with E-state index in [1.165, 1.54) is 37.6 Å². The SMILES string of the molecule is COC(=O)c1cncnc1Sc1ccc(Cl)cn1. The van der Waals surface area contributed by atoms with Crippen LogP contribution >= 0.6 is 23.4 Å². The number of nitrogens with zero attached hydrogens (tertiary/aromatic N) is 3. The summed E-state index contributed by atoms with van der Waals surface area (Å²) in [5.41, 5.74) is 0.307. The molecule has 5 nitrogen and oxygen atoms in total. The van der Waals surface area contributed by atoms with Crippen LogP contribution < -0.4 is 0 Å². The molecule has 0 aliphatic rings.